The molecule has 2 N–H and O–H groups in total. The van der Waals surface area contributed by atoms with E-state index >= 15 is 0 Å². The van der Waals surface area contributed by atoms with Crippen LogP contribution >= 0.6 is 11.8 Å². The van der Waals surface area contributed by atoms with Crippen molar-refractivity contribution in [2.24, 2.45) is 5.92 Å². The van der Waals surface area contributed by atoms with Crippen molar-refractivity contribution in [2.75, 3.05) is 32.0 Å². The summed E-state index contributed by atoms with van der Waals surface area (Å²) in [7, 11) is -3.64. The van der Waals surface area contributed by atoms with Crippen LogP contribution < -0.4 is 10.1 Å². The summed E-state index contributed by atoms with van der Waals surface area (Å²) in [6, 6.07) is 6.39. The highest BCUT2D eigenvalue weighted by atomic mass is 32.2. The van der Waals surface area contributed by atoms with Gasteiger partial charge in [0.1, 0.15) is 12.1 Å². The minimum Gasteiger partial charge on any atom is -0.494 e. The molecule has 1 aromatic heterocycles. The van der Waals surface area contributed by atoms with E-state index in [2.05, 4.69) is 20.5 Å². The van der Waals surface area contributed by atoms with Crippen molar-refractivity contribution in [1.82, 2.24) is 24.8 Å². The average Bonchev–Trinajstić information content (AvgIpc) is 3.25. The van der Waals surface area contributed by atoms with Gasteiger partial charge in [0, 0.05) is 25.4 Å². The third-order valence-corrected chi connectivity index (χ3v) is 7.32. The van der Waals surface area contributed by atoms with Crippen LogP contribution in [-0.4, -0.2) is 65.8 Å². The van der Waals surface area contributed by atoms with Crippen LogP contribution in [0, 0.1) is 5.92 Å². The Balaban J connectivity index is 1.53. The van der Waals surface area contributed by atoms with Crippen LogP contribution in [0.25, 0.3) is 0 Å². The lowest BCUT2D eigenvalue weighted by Gasteiger charge is -2.31. The second-order valence-electron chi connectivity index (χ2n) is 6.54. The van der Waals surface area contributed by atoms with Gasteiger partial charge in [0.2, 0.25) is 15.9 Å². The number of hydrogen-bond donors (Lipinski definition) is 2. The van der Waals surface area contributed by atoms with Gasteiger partial charge in [-0.05, 0) is 44.0 Å². The van der Waals surface area contributed by atoms with Gasteiger partial charge in [-0.3, -0.25) is 9.89 Å². The number of hydrogen-bond acceptors (Lipinski definition) is 7. The Labute approximate surface area is 174 Å². The predicted octanol–water partition coefficient (Wildman–Crippen LogP) is 1.51. The first-order valence-electron chi connectivity index (χ1n) is 9.49. The van der Waals surface area contributed by atoms with Crippen molar-refractivity contribution in [3.63, 3.8) is 0 Å². The highest BCUT2D eigenvalue weighted by Gasteiger charge is 2.33. The molecular formula is C18H25N5O4S2. The summed E-state index contributed by atoms with van der Waals surface area (Å²) in [4.78, 5) is 16.7. The molecule has 0 radical (unpaired) electrons. The van der Waals surface area contributed by atoms with Crippen molar-refractivity contribution < 1.29 is 17.9 Å². The molecule has 0 aliphatic carbocycles. The average molecular weight is 440 g/mol. The predicted molar refractivity (Wildman–Crippen MR) is 109 cm³/mol. The van der Waals surface area contributed by atoms with Crippen LogP contribution in [0.2, 0.25) is 0 Å². The van der Waals surface area contributed by atoms with E-state index in [4.69, 9.17) is 4.74 Å². The molecule has 2 heterocycles. The van der Waals surface area contributed by atoms with E-state index < -0.39 is 10.0 Å². The Morgan fingerprint density at radius 1 is 1.38 bits per heavy atom. The Bertz CT molecular complexity index is 887. The lowest BCUT2D eigenvalue weighted by atomic mass is 9.99. The first-order chi connectivity index (χ1) is 14.0. The molecule has 9 nitrogen and oxygen atoms in total. The monoisotopic (exact) mass is 439 g/mol. The SMILES string of the molecule is CCOc1ccc(S(=O)(=O)N2CCC[C@H](C(=O)NCCSc3ncn[nH]3)C2)cc1. The summed E-state index contributed by atoms with van der Waals surface area (Å²) in [5.74, 6) is 0.818. The van der Waals surface area contributed by atoms with Gasteiger partial charge in [0.25, 0.3) is 0 Å². The van der Waals surface area contributed by atoms with Crippen LogP contribution in [0.3, 0.4) is 0 Å². The minimum absolute atomic E-state index is 0.116. The molecule has 0 unspecified atom stereocenters. The topological polar surface area (TPSA) is 117 Å². The van der Waals surface area contributed by atoms with Crippen LogP contribution in [0.1, 0.15) is 19.8 Å². The van der Waals surface area contributed by atoms with E-state index in [0.717, 1.165) is 0 Å². The molecule has 2 aromatic rings. The summed E-state index contributed by atoms with van der Waals surface area (Å²) >= 11 is 1.46. The van der Waals surface area contributed by atoms with Gasteiger partial charge in [0.15, 0.2) is 5.16 Å². The lowest BCUT2D eigenvalue weighted by Crippen LogP contribution is -2.45. The van der Waals surface area contributed by atoms with Crippen LogP contribution in [0.4, 0.5) is 0 Å². The van der Waals surface area contributed by atoms with Crippen molar-refractivity contribution >= 4 is 27.7 Å². The molecule has 158 valence electrons. The normalized spacial score (nSPS) is 17.8. The summed E-state index contributed by atoms with van der Waals surface area (Å²) in [6.45, 7) is 3.48. The molecule has 1 atom stereocenters. The molecule has 1 aromatic carbocycles. The fourth-order valence-electron chi connectivity index (χ4n) is 3.13. The third kappa shape index (κ3) is 5.71. The van der Waals surface area contributed by atoms with Gasteiger partial charge in [-0.15, -0.1) is 0 Å². The summed E-state index contributed by atoms with van der Waals surface area (Å²) < 4.78 is 32.7. The number of sulfonamides is 1. The number of ether oxygens (including phenoxy) is 1. The van der Waals surface area contributed by atoms with Gasteiger partial charge in [0.05, 0.1) is 17.4 Å². The first-order valence-corrected chi connectivity index (χ1v) is 11.9. The van der Waals surface area contributed by atoms with Crippen molar-refractivity contribution in [3.8, 4) is 5.75 Å². The number of aromatic amines is 1. The maximum Gasteiger partial charge on any atom is 0.243 e. The first kappa shape index (κ1) is 21.6. The fraction of sp³-hybridized carbons (Fsp3) is 0.500. The van der Waals surface area contributed by atoms with E-state index in [1.165, 1.54) is 22.4 Å². The molecule has 0 spiro atoms. The molecule has 3 rings (SSSR count). The number of aromatic nitrogens is 3. The van der Waals surface area contributed by atoms with E-state index in [1.807, 2.05) is 6.92 Å². The van der Waals surface area contributed by atoms with E-state index in [0.29, 0.717) is 49.2 Å². The number of carbonyl (C=O) groups is 1. The number of nitrogens with one attached hydrogen (secondary N) is 2. The third-order valence-electron chi connectivity index (χ3n) is 4.56. The van der Waals surface area contributed by atoms with Gasteiger partial charge in [-0.25, -0.2) is 13.4 Å². The summed E-state index contributed by atoms with van der Waals surface area (Å²) in [5.41, 5.74) is 0. The van der Waals surface area contributed by atoms with Gasteiger partial charge in [-0.1, -0.05) is 11.8 Å². The maximum atomic E-state index is 13.0. The lowest BCUT2D eigenvalue weighted by molar-refractivity contribution is -0.125. The molecule has 1 aliphatic heterocycles. The quantitative estimate of drug-likeness (QED) is 0.449. The largest absolute Gasteiger partial charge is 0.494 e. The number of amides is 1. The molecular weight excluding hydrogens is 414 g/mol. The molecule has 1 amide bonds. The number of piperidine rings is 1. The minimum atomic E-state index is -3.64. The van der Waals surface area contributed by atoms with Crippen molar-refractivity contribution in [3.05, 3.63) is 30.6 Å². The van der Waals surface area contributed by atoms with E-state index in [9.17, 15) is 13.2 Å². The Hall–Kier alpha value is -2.11. The Morgan fingerprint density at radius 2 is 2.17 bits per heavy atom. The van der Waals surface area contributed by atoms with Crippen molar-refractivity contribution in [1.29, 1.82) is 0 Å². The molecule has 0 saturated carbocycles. The van der Waals surface area contributed by atoms with Crippen LogP contribution in [0.15, 0.2) is 40.6 Å². The van der Waals surface area contributed by atoms with Gasteiger partial charge in [-0.2, -0.15) is 9.40 Å². The Kier molecular flexibility index (Phi) is 7.51. The zero-order chi connectivity index (χ0) is 20.7. The number of benzene rings is 1. The second-order valence-corrected chi connectivity index (χ2v) is 9.56. The van der Waals surface area contributed by atoms with Gasteiger partial charge < -0.3 is 10.1 Å². The molecule has 0 bridgehead atoms. The van der Waals surface area contributed by atoms with E-state index in [-0.39, 0.29) is 23.3 Å². The zero-order valence-electron chi connectivity index (χ0n) is 16.2. The van der Waals surface area contributed by atoms with E-state index in [1.54, 1.807) is 24.3 Å². The molecule has 11 heteroatoms. The standard InChI is InChI=1S/C18H25N5O4S2/c1-2-27-15-5-7-16(8-6-15)29(25,26)23-10-3-4-14(12-23)17(24)19-9-11-28-18-20-13-21-22-18/h5-8,13-14H,2-4,9-12H2,1H3,(H,19,24)(H,20,21,22)/t14-/m0/s1. The fourth-order valence-corrected chi connectivity index (χ4v) is 5.29. The highest BCUT2D eigenvalue weighted by molar-refractivity contribution is 7.99. The molecule has 1 saturated heterocycles. The van der Waals surface area contributed by atoms with Gasteiger partial charge >= 0.3 is 0 Å². The number of thioether (sulfide) groups is 1. The molecule has 1 aliphatic rings. The highest BCUT2D eigenvalue weighted by Crippen LogP contribution is 2.25. The molecule has 1 fully saturated rings. The summed E-state index contributed by atoms with van der Waals surface area (Å²) in [5, 5.41) is 10.1. The summed E-state index contributed by atoms with van der Waals surface area (Å²) in [6.07, 6.45) is 2.76. The van der Waals surface area contributed by atoms with Crippen molar-refractivity contribution in [2.45, 2.75) is 29.8 Å². The number of H-pyrrole nitrogens is 1. The van der Waals surface area contributed by atoms with Crippen LogP contribution in [-0.2, 0) is 14.8 Å². The second kappa shape index (κ2) is 10.1. The number of rotatable bonds is 9. The zero-order valence-corrected chi connectivity index (χ0v) is 17.8. The molecule has 29 heavy (non-hydrogen) atoms. The smallest absolute Gasteiger partial charge is 0.243 e. The number of nitrogens with zero attached hydrogens (tertiary/aromatic N) is 3. The maximum absolute atomic E-state index is 13.0. The Morgan fingerprint density at radius 3 is 2.86 bits per heavy atom. The van der Waals surface area contributed by atoms with Crippen LogP contribution in [0.5, 0.6) is 5.75 Å². The number of carbonyl (C=O) groups excluding carboxylic acids is 1.